The van der Waals surface area contributed by atoms with Crippen molar-refractivity contribution in [1.29, 1.82) is 0 Å². The first-order valence-electron chi connectivity index (χ1n) is 9.30. The zero-order valence-electron chi connectivity index (χ0n) is 15.0. The highest BCUT2D eigenvalue weighted by atomic mass is 127. The van der Waals surface area contributed by atoms with Crippen LogP contribution in [0.3, 0.4) is 0 Å². The summed E-state index contributed by atoms with van der Waals surface area (Å²) in [5.41, 5.74) is 1.53. The third-order valence-electron chi connectivity index (χ3n) is 5.45. The standard InChI is InChI=1S/C18H29N5S.HI/c1-19-18(21-15-4-9-23(13-15)16-2-3-16)20-7-10-22-8-5-17-14(12-22)6-11-24-17;/h6,11,15-16H,2-5,7-10,12-13H2,1H3,(H2,19,20,21);1H. The van der Waals surface area contributed by atoms with Crippen molar-refractivity contribution in [3.8, 4) is 0 Å². The molecule has 2 aliphatic heterocycles. The predicted octanol–water partition coefficient (Wildman–Crippen LogP) is 2.13. The number of thiophene rings is 1. The predicted molar refractivity (Wildman–Crippen MR) is 116 cm³/mol. The van der Waals surface area contributed by atoms with Gasteiger partial charge >= 0.3 is 0 Å². The molecule has 1 aliphatic carbocycles. The van der Waals surface area contributed by atoms with E-state index in [4.69, 9.17) is 0 Å². The van der Waals surface area contributed by atoms with E-state index in [0.717, 1.165) is 31.6 Å². The Morgan fingerprint density at radius 1 is 1.32 bits per heavy atom. The van der Waals surface area contributed by atoms with Crippen molar-refractivity contribution in [2.24, 2.45) is 4.99 Å². The van der Waals surface area contributed by atoms with Crippen molar-refractivity contribution >= 4 is 41.3 Å². The number of hydrogen-bond acceptors (Lipinski definition) is 4. The molecule has 1 unspecified atom stereocenters. The fourth-order valence-corrected chi connectivity index (χ4v) is 4.78. The molecule has 1 aromatic rings. The van der Waals surface area contributed by atoms with Gasteiger partial charge in [-0.1, -0.05) is 0 Å². The molecule has 2 N–H and O–H groups in total. The van der Waals surface area contributed by atoms with Gasteiger partial charge in [0.25, 0.3) is 0 Å². The summed E-state index contributed by atoms with van der Waals surface area (Å²) >= 11 is 1.91. The van der Waals surface area contributed by atoms with Crippen LogP contribution in [0.1, 0.15) is 29.7 Å². The van der Waals surface area contributed by atoms with E-state index in [0.29, 0.717) is 6.04 Å². The summed E-state index contributed by atoms with van der Waals surface area (Å²) in [6, 6.07) is 3.72. The topological polar surface area (TPSA) is 42.9 Å². The number of nitrogens with zero attached hydrogens (tertiary/aromatic N) is 3. The number of rotatable bonds is 5. The smallest absolute Gasteiger partial charge is 0.191 e. The van der Waals surface area contributed by atoms with E-state index < -0.39 is 0 Å². The number of hydrogen-bond donors (Lipinski definition) is 2. The molecule has 0 radical (unpaired) electrons. The Bertz CT molecular complexity index is 586. The van der Waals surface area contributed by atoms with E-state index >= 15 is 0 Å². The highest BCUT2D eigenvalue weighted by Gasteiger charge is 2.34. The maximum Gasteiger partial charge on any atom is 0.191 e. The second kappa shape index (κ2) is 9.01. The maximum atomic E-state index is 4.41. The third kappa shape index (κ3) is 5.08. The van der Waals surface area contributed by atoms with E-state index in [2.05, 4.69) is 36.9 Å². The van der Waals surface area contributed by atoms with Gasteiger partial charge in [0.1, 0.15) is 0 Å². The van der Waals surface area contributed by atoms with Gasteiger partial charge in [-0.05, 0) is 42.7 Å². The number of halogens is 1. The van der Waals surface area contributed by atoms with Gasteiger partial charge in [0, 0.05) is 63.3 Å². The quantitative estimate of drug-likeness (QED) is 0.389. The first kappa shape index (κ1) is 19.4. The van der Waals surface area contributed by atoms with Gasteiger partial charge in [0.2, 0.25) is 0 Å². The van der Waals surface area contributed by atoms with Crippen molar-refractivity contribution in [3.05, 3.63) is 21.9 Å². The van der Waals surface area contributed by atoms with Crippen LogP contribution < -0.4 is 10.6 Å². The number of nitrogens with one attached hydrogen (secondary N) is 2. The van der Waals surface area contributed by atoms with Gasteiger partial charge in [-0.2, -0.15) is 0 Å². The van der Waals surface area contributed by atoms with Crippen molar-refractivity contribution in [3.63, 3.8) is 0 Å². The molecule has 25 heavy (non-hydrogen) atoms. The normalized spacial score (nSPS) is 24.7. The van der Waals surface area contributed by atoms with Gasteiger partial charge in [0.15, 0.2) is 5.96 Å². The molecule has 5 nitrogen and oxygen atoms in total. The molecule has 1 atom stereocenters. The number of fused-ring (bicyclic) bond motifs is 1. The van der Waals surface area contributed by atoms with Crippen LogP contribution in [0.25, 0.3) is 0 Å². The molecule has 0 bridgehead atoms. The Hall–Kier alpha value is -0.380. The summed E-state index contributed by atoms with van der Waals surface area (Å²) < 4.78 is 0. The van der Waals surface area contributed by atoms with Gasteiger partial charge in [-0.3, -0.25) is 14.8 Å². The second-order valence-electron chi connectivity index (χ2n) is 7.25. The first-order valence-corrected chi connectivity index (χ1v) is 10.2. The second-order valence-corrected chi connectivity index (χ2v) is 8.25. The maximum absolute atomic E-state index is 4.41. The average Bonchev–Trinajstić information content (AvgIpc) is 3.17. The fourth-order valence-electron chi connectivity index (χ4n) is 3.89. The molecule has 1 aromatic heterocycles. The zero-order valence-corrected chi connectivity index (χ0v) is 18.2. The molecule has 1 saturated heterocycles. The molecule has 4 rings (SSSR count). The van der Waals surface area contributed by atoms with Crippen LogP contribution in [0.4, 0.5) is 0 Å². The third-order valence-corrected chi connectivity index (χ3v) is 6.48. The number of guanidine groups is 1. The van der Waals surface area contributed by atoms with Crippen molar-refractivity contribution in [1.82, 2.24) is 20.4 Å². The highest BCUT2D eigenvalue weighted by molar-refractivity contribution is 14.0. The Balaban J connectivity index is 0.00000182. The van der Waals surface area contributed by atoms with Crippen LogP contribution in [-0.2, 0) is 13.0 Å². The van der Waals surface area contributed by atoms with Crippen molar-refractivity contribution < 1.29 is 0 Å². The Morgan fingerprint density at radius 2 is 2.20 bits per heavy atom. The lowest BCUT2D eigenvalue weighted by Gasteiger charge is -2.27. The summed E-state index contributed by atoms with van der Waals surface area (Å²) in [6.45, 7) is 6.74. The van der Waals surface area contributed by atoms with Crippen LogP contribution >= 0.6 is 35.3 Å². The lowest BCUT2D eigenvalue weighted by atomic mass is 10.1. The van der Waals surface area contributed by atoms with Gasteiger partial charge in [0.05, 0.1) is 0 Å². The van der Waals surface area contributed by atoms with Crippen LogP contribution in [0.15, 0.2) is 16.4 Å². The van der Waals surface area contributed by atoms with Crippen LogP contribution in [-0.4, -0.2) is 67.6 Å². The minimum atomic E-state index is 0. The monoisotopic (exact) mass is 475 g/mol. The summed E-state index contributed by atoms with van der Waals surface area (Å²) in [5.74, 6) is 0.964. The molecular weight excluding hydrogens is 445 g/mol. The van der Waals surface area contributed by atoms with Gasteiger partial charge in [-0.25, -0.2) is 0 Å². The largest absolute Gasteiger partial charge is 0.355 e. The Kier molecular flexibility index (Phi) is 6.99. The summed E-state index contributed by atoms with van der Waals surface area (Å²) in [5, 5.41) is 9.34. The molecule has 0 spiro atoms. The van der Waals surface area contributed by atoms with E-state index in [1.54, 1.807) is 4.88 Å². The van der Waals surface area contributed by atoms with E-state index in [-0.39, 0.29) is 24.0 Å². The molecule has 3 heterocycles. The number of likely N-dealkylation sites (tertiary alicyclic amines) is 1. The fraction of sp³-hybridized carbons (Fsp3) is 0.722. The zero-order chi connectivity index (χ0) is 16.4. The molecule has 2 fully saturated rings. The Morgan fingerprint density at radius 3 is 3.00 bits per heavy atom. The lowest BCUT2D eigenvalue weighted by molar-refractivity contribution is 0.260. The SMILES string of the molecule is CN=C(NCCN1CCc2sccc2C1)NC1CCN(C2CC2)C1.I. The van der Waals surface area contributed by atoms with E-state index in [1.165, 1.54) is 50.9 Å². The molecule has 0 amide bonds. The minimum Gasteiger partial charge on any atom is -0.355 e. The average molecular weight is 475 g/mol. The van der Waals surface area contributed by atoms with Crippen molar-refractivity contribution in [2.75, 3.05) is 39.8 Å². The first-order chi connectivity index (χ1) is 11.8. The number of aliphatic imine (C=N–C) groups is 1. The molecule has 140 valence electrons. The minimum absolute atomic E-state index is 0. The molecule has 1 saturated carbocycles. The molecule has 3 aliphatic rings. The summed E-state index contributed by atoms with van der Waals surface area (Å²) in [6.07, 6.45) is 5.26. The van der Waals surface area contributed by atoms with Gasteiger partial charge < -0.3 is 10.6 Å². The summed E-state index contributed by atoms with van der Waals surface area (Å²) in [4.78, 5) is 11.2. The molecule has 7 heteroatoms. The summed E-state index contributed by atoms with van der Waals surface area (Å²) in [7, 11) is 1.88. The van der Waals surface area contributed by atoms with Gasteiger partial charge in [-0.15, -0.1) is 35.3 Å². The lowest BCUT2D eigenvalue weighted by Crippen LogP contribution is -2.47. The van der Waals surface area contributed by atoms with Crippen molar-refractivity contribution in [2.45, 2.75) is 44.3 Å². The highest BCUT2D eigenvalue weighted by Crippen LogP contribution is 2.29. The van der Waals surface area contributed by atoms with Crippen LogP contribution in [0.5, 0.6) is 0 Å². The van der Waals surface area contributed by atoms with Crippen LogP contribution in [0.2, 0.25) is 0 Å². The molecule has 0 aromatic carbocycles. The van der Waals surface area contributed by atoms with E-state index in [1.807, 2.05) is 18.4 Å². The molecular formula is C18H30IN5S. The Labute approximate surface area is 172 Å². The van der Waals surface area contributed by atoms with Crippen LogP contribution in [0, 0.1) is 0 Å². The van der Waals surface area contributed by atoms with E-state index in [9.17, 15) is 0 Å².